The van der Waals surface area contributed by atoms with Crippen molar-refractivity contribution in [2.24, 2.45) is 5.14 Å². The number of sulfonamides is 1. The molecule has 1 aliphatic heterocycles. The number of unbranched alkanes of at least 4 members (excludes halogenated alkanes) is 1. The molecular formula is C12H18ClN3O2S2. The fourth-order valence-corrected chi connectivity index (χ4v) is 4.24. The Bertz CT molecular complexity index is 607. The number of nitrogens with two attached hydrogens (primary N) is 1. The van der Waals surface area contributed by atoms with Crippen LogP contribution in [0.25, 0.3) is 0 Å². The normalized spacial score (nSPS) is 19.5. The summed E-state index contributed by atoms with van der Waals surface area (Å²) in [5.41, 5.74) is 0.853. The van der Waals surface area contributed by atoms with Gasteiger partial charge in [-0.05, 0) is 37.5 Å². The number of hydrogen-bond donors (Lipinski definition) is 2. The average molecular weight is 336 g/mol. The maximum Gasteiger partial charge on any atom is 0.239 e. The summed E-state index contributed by atoms with van der Waals surface area (Å²) in [6, 6.07) is 3.16. The Hall–Kier alpha value is -0.470. The standard InChI is InChI=1S/C12H18ClN3O2S2/c1-3-4-5-12-15-9-6-8(13)11(20(14,17)18)7-10(9)19-16(12)2/h6-7,12,15H,3-5H2,1-2H3,(H2,14,17,18). The fourth-order valence-electron chi connectivity index (χ4n) is 2.08. The first-order valence-corrected chi connectivity index (χ1v) is 9.06. The second kappa shape index (κ2) is 6.11. The molecule has 5 nitrogen and oxygen atoms in total. The highest BCUT2D eigenvalue weighted by molar-refractivity contribution is 7.97. The van der Waals surface area contributed by atoms with Crippen molar-refractivity contribution in [2.45, 2.75) is 42.1 Å². The molecule has 0 fully saturated rings. The Morgan fingerprint density at radius 3 is 2.80 bits per heavy atom. The number of nitrogens with one attached hydrogen (secondary N) is 1. The lowest BCUT2D eigenvalue weighted by atomic mass is 10.2. The van der Waals surface area contributed by atoms with Crippen LogP contribution in [0.2, 0.25) is 5.02 Å². The Balaban J connectivity index is 2.33. The van der Waals surface area contributed by atoms with Crippen LogP contribution in [0.15, 0.2) is 21.9 Å². The molecule has 0 bridgehead atoms. The van der Waals surface area contributed by atoms with Gasteiger partial charge < -0.3 is 5.32 Å². The molecular weight excluding hydrogens is 318 g/mol. The van der Waals surface area contributed by atoms with Gasteiger partial charge in [-0.25, -0.2) is 17.9 Å². The molecule has 2 rings (SSSR count). The molecule has 0 amide bonds. The monoisotopic (exact) mass is 335 g/mol. The van der Waals surface area contributed by atoms with E-state index in [1.165, 1.54) is 18.0 Å². The molecule has 1 aliphatic rings. The van der Waals surface area contributed by atoms with Gasteiger partial charge in [0.2, 0.25) is 10.0 Å². The summed E-state index contributed by atoms with van der Waals surface area (Å²) in [6.07, 6.45) is 3.49. The summed E-state index contributed by atoms with van der Waals surface area (Å²) in [5, 5.41) is 8.70. The van der Waals surface area contributed by atoms with E-state index in [-0.39, 0.29) is 16.1 Å². The topological polar surface area (TPSA) is 75.4 Å². The van der Waals surface area contributed by atoms with Crippen molar-refractivity contribution in [1.82, 2.24) is 4.31 Å². The van der Waals surface area contributed by atoms with Crippen LogP contribution in [-0.2, 0) is 10.0 Å². The van der Waals surface area contributed by atoms with E-state index in [1.54, 1.807) is 6.07 Å². The zero-order valence-corrected chi connectivity index (χ0v) is 13.8. The van der Waals surface area contributed by atoms with E-state index in [2.05, 4.69) is 16.5 Å². The Labute approximate surface area is 129 Å². The Morgan fingerprint density at radius 2 is 2.20 bits per heavy atom. The van der Waals surface area contributed by atoms with Crippen LogP contribution in [0.3, 0.4) is 0 Å². The first-order valence-electron chi connectivity index (χ1n) is 6.36. The van der Waals surface area contributed by atoms with Crippen LogP contribution in [0, 0.1) is 0 Å². The lowest BCUT2D eigenvalue weighted by molar-refractivity contribution is 0.405. The predicted octanol–water partition coefficient (Wildman–Crippen LogP) is 2.87. The molecule has 112 valence electrons. The van der Waals surface area contributed by atoms with E-state index in [0.717, 1.165) is 29.8 Å². The summed E-state index contributed by atoms with van der Waals surface area (Å²) in [7, 11) is -1.83. The molecule has 0 aliphatic carbocycles. The SMILES string of the molecule is CCCCC1Nc2cc(Cl)c(S(N)(=O)=O)cc2SN1C. The number of benzene rings is 1. The minimum Gasteiger partial charge on any atom is -0.368 e. The number of hydrogen-bond acceptors (Lipinski definition) is 5. The van der Waals surface area contributed by atoms with E-state index in [4.69, 9.17) is 16.7 Å². The van der Waals surface area contributed by atoms with Crippen molar-refractivity contribution < 1.29 is 8.42 Å². The molecule has 1 aromatic carbocycles. The molecule has 1 aromatic rings. The van der Waals surface area contributed by atoms with Crippen LogP contribution in [-0.4, -0.2) is 25.9 Å². The lowest BCUT2D eigenvalue weighted by Crippen LogP contribution is -2.36. The van der Waals surface area contributed by atoms with Gasteiger partial charge in [-0.2, -0.15) is 0 Å². The molecule has 0 saturated heterocycles. The molecule has 1 heterocycles. The van der Waals surface area contributed by atoms with Gasteiger partial charge in [0.25, 0.3) is 0 Å². The van der Waals surface area contributed by atoms with E-state index in [1.807, 2.05) is 7.05 Å². The van der Waals surface area contributed by atoms with Crippen LogP contribution in [0.5, 0.6) is 0 Å². The largest absolute Gasteiger partial charge is 0.368 e. The summed E-state index contributed by atoms with van der Waals surface area (Å²) in [6.45, 7) is 2.15. The number of nitrogens with zero attached hydrogens (tertiary/aromatic N) is 1. The first kappa shape index (κ1) is 15.9. The quantitative estimate of drug-likeness (QED) is 0.827. The summed E-state index contributed by atoms with van der Waals surface area (Å²) < 4.78 is 25.0. The Morgan fingerprint density at radius 1 is 1.50 bits per heavy atom. The van der Waals surface area contributed by atoms with Gasteiger partial charge in [-0.15, -0.1) is 0 Å². The van der Waals surface area contributed by atoms with E-state index >= 15 is 0 Å². The van der Waals surface area contributed by atoms with Crippen LogP contribution >= 0.6 is 23.5 Å². The number of primary sulfonamides is 1. The highest BCUT2D eigenvalue weighted by atomic mass is 35.5. The van der Waals surface area contributed by atoms with Gasteiger partial charge in [-0.3, -0.25) is 0 Å². The summed E-state index contributed by atoms with van der Waals surface area (Å²) in [5.74, 6) is 0. The zero-order chi connectivity index (χ0) is 14.9. The van der Waals surface area contributed by atoms with Gasteiger partial charge in [0.05, 0.1) is 16.9 Å². The minimum absolute atomic E-state index is 0.0346. The van der Waals surface area contributed by atoms with Crippen molar-refractivity contribution in [2.75, 3.05) is 12.4 Å². The van der Waals surface area contributed by atoms with E-state index < -0.39 is 10.0 Å². The van der Waals surface area contributed by atoms with E-state index in [9.17, 15) is 8.42 Å². The number of fused-ring (bicyclic) bond motifs is 1. The maximum atomic E-state index is 11.5. The number of rotatable bonds is 4. The zero-order valence-electron chi connectivity index (χ0n) is 11.4. The molecule has 3 N–H and O–H groups in total. The maximum absolute atomic E-state index is 11.5. The van der Waals surface area contributed by atoms with Gasteiger partial charge in [-0.1, -0.05) is 31.4 Å². The van der Waals surface area contributed by atoms with Crippen molar-refractivity contribution in [1.29, 1.82) is 0 Å². The third-order valence-corrected chi connectivity index (χ3v) is 5.63. The number of halogens is 1. The molecule has 20 heavy (non-hydrogen) atoms. The molecule has 1 atom stereocenters. The van der Waals surface area contributed by atoms with Gasteiger partial charge in [0.15, 0.2) is 0 Å². The van der Waals surface area contributed by atoms with E-state index in [0.29, 0.717) is 0 Å². The van der Waals surface area contributed by atoms with Crippen LogP contribution < -0.4 is 10.5 Å². The minimum atomic E-state index is -3.80. The van der Waals surface area contributed by atoms with Crippen molar-refractivity contribution in [3.05, 3.63) is 17.2 Å². The third kappa shape index (κ3) is 3.40. The fraction of sp³-hybridized carbons (Fsp3) is 0.500. The second-order valence-electron chi connectivity index (χ2n) is 4.76. The molecule has 0 aromatic heterocycles. The predicted molar refractivity (Wildman–Crippen MR) is 83.4 cm³/mol. The molecule has 1 unspecified atom stereocenters. The average Bonchev–Trinajstić information content (AvgIpc) is 2.35. The number of anilines is 1. The van der Waals surface area contributed by atoms with Gasteiger partial charge in [0.1, 0.15) is 4.90 Å². The third-order valence-electron chi connectivity index (χ3n) is 3.18. The van der Waals surface area contributed by atoms with Crippen LogP contribution in [0.1, 0.15) is 26.2 Å². The second-order valence-corrected chi connectivity index (χ2v) is 7.90. The van der Waals surface area contributed by atoms with Crippen molar-refractivity contribution in [3.8, 4) is 0 Å². The highest BCUT2D eigenvalue weighted by Crippen LogP contribution is 2.40. The summed E-state index contributed by atoms with van der Waals surface area (Å²) >= 11 is 7.51. The molecule has 0 saturated carbocycles. The Kier molecular flexibility index (Phi) is 4.86. The first-order chi connectivity index (χ1) is 9.32. The van der Waals surface area contributed by atoms with Gasteiger partial charge in [0, 0.05) is 4.90 Å². The van der Waals surface area contributed by atoms with Crippen LogP contribution in [0.4, 0.5) is 5.69 Å². The summed E-state index contributed by atoms with van der Waals surface area (Å²) in [4.78, 5) is 0.779. The molecule has 8 heteroatoms. The smallest absolute Gasteiger partial charge is 0.239 e. The van der Waals surface area contributed by atoms with Gasteiger partial charge >= 0.3 is 0 Å². The molecule has 0 radical (unpaired) electrons. The van der Waals surface area contributed by atoms with Crippen molar-refractivity contribution >= 4 is 39.3 Å². The lowest BCUT2D eigenvalue weighted by Gasteiger charge is -2.34. The highest BCUT2D eigenvalue weighted by Gasteiger charge is 2.26. The molecule has 0 spiro atoms. The van der Waals surface area contributed by atoms with Crippen molar-refractivity contribution in [3.63, 3.8) is 0 Å².